The van der Waals surface area contributed by atoms with Crippen LogP contribution in [-0.2, 0) is 13.6 Å². The van der Waals surface area contributed by atoms with Gasteiger partial charge in [0, 0.05) is 32.3 Å². The van der Waals surface area contributed by atoms with Crippen LogP contribution in [-0.4, -0.2) is 50.9 Å². The summed E-state index contributed by atoms with van der Waals surface area (Å²) in [5, 5.41) is 37.8. The molecule has 2 fully saturated rings. The molecule has 2 aliphatic carbocycles. The second-order valence-electron chi connectivity index (χ2n) is 6.35. The molecule has 0 saturated heterocycles. The van der Waals surface area contributed by atoms with E-state index in [1.54, 1.807) is 0 Å². The zero-order valence-corrected chi connectivity index (χ0v) is 13.2. The Kier molecular flexibility index (Phi) is 5.15. The third-order valence-electron chi connectivity index (χ3n) is 4.15. The van der Waals surface area contributed by atoms with Crippen molar-refractivity contribution in [3.8, 4) is 0 Å². The van der Waals surface area contributed by atoms with E-state index >= 15 is 0 Å². The van der Waals surface area contributed by atoms with Gasteiger partial charge in [0.2, 0.25) is 0 Å². The summed E-state index contributed by atoms with van der Waals surface area (Å²) in [6.45, 7) is 1.41. The molecule has 7 nitrogen and oxygen atoms in total. The molecular formula is C13H25O7P. The smallest absolute Gasteiger partial charge is 0.328 e. The van der Waals surface area contributed by atoms with Crippen LogP contribution < -0.4 is 0 Å². The molecule has 0 radical (unpaired) electrons. The highest BCUT2D eigenvalue weighted by molar-refractivity contribution is 7.53. The zero-order valence-electron chi connectivity index (χ0n) is 12.3. The molecule has 0 aromatic rings. The monoisotopic (exact) mass is 324 g/mol. The van der Waals surface area contributed by atoms with Crippen LogP contribution in [0.2, 0.25) is 0 Å². The first-order chi connectivity index (χ1) is 9.57. The predicted molar refractivity (Wildman–Crippen MR) is 74.5 cm³/mol. The summed E-state index contributed by atoms with van der Waals surface area (Å²) in [6, 6.07) is 0. The number of aliphatic hydroxyl groups is 4. The molecule has 0 amide bonds. The highest BCUT2D eigenvalue weighted by atomic mass is 31.2. The first-order valence-corrected chi connectivity index (χ1v) is 9.40. The lowest BCUT2D eigenvalue weighted by atomic mass is 9.92. The van der Waals surface area contributed by atoms with Gasteiger partial charge in [-0.15, -0.1) is 0 Å². The minimum Gasteiger partial charge on any atom is -0.366 e. The summed E-state index contributed by atoms with van der Waals surface area (Å²) in [7, 11) is -3.24. The van der Waals surface area contributed by atoms with Crippen LogP contribution in [0.4, 0.5) is 0 Å². The van der Waals surface area contributed by atoms with Gasteiger partial charge in [-0.1, -0.05) is 0 Å². The van der Waals surface area contributed by atoms with Gasteiger partial charge in [-0.2, -0.15) is 0 Å². The third kappa shape index (κ3) is 5.60. The van der Waals surface area contributed by atoms with Gasteiger partial charge in [0.25, 0.3) is 0 Å². The standard InChI is InChI=1S/C13H25O7P/c1-21(18,19-10-2-6-12(14,15)7-3-10)20-11-4-8-13(16,17)9-5-11/h10-11,14-17H,2-9H2,1H3. The third-order valence-corrected chi connectivity index (χ3v) is 5.51. The molecule has 4 N–H and O–H groups in total. The van der Waals surface area contributed by atoms with E-state index in [1.165, 1.54) is 6.66 Å². The SMILES string of the molecule is CP(=O)(OC1CCC(O)(O)CC1)OC1CCC(O)(O)CC1. The lowest BCUT2D eigenvalue weighted by Gasteiger charge is -2.35. The van der Waals surface area contributed by atoms with Gasteiger partial charge in [-0.25, -0.2) is 0 Å². The fourth-order valence-corrected chi connectivity index (χ4v) is 4.44. The normalized spacial score (nSPS) is 27.7. The first-order valence-electron chi connectivity index (χ1n) is 7.41. The molecule has 0 heterocycles. The predicted octanol–water partition coefficient (Wildman–Crippen LogP) is 1.09. The molecule has 124 valence electrons. The number of hydrogen-bond donors (Lipinski definition) is 4. The Balaban J connectivity index is 1.79. The van der Waals surface area contributed by atoms with Crippen LogP contribution in [0.5, 0.6) is 0 Å². The van der Waals surface area contributed by atoms with Gasteiger partial charge in [0.15, 0.2) is 11.6 Å². The molecule has 8 heteroatoms. The minimum absolute atomic E-state index is 0.193. The summed E-state index contributed by atoms with van der Waals surface area (Å²) in [6.07, 6.45) is 1.88. The molecule has 0 bridgehead atoms. The maximum atomic E-state index is 12.4. The van der Waals surface area contributed by atoms with Crippen LogP contribution >= 0.6 is 7.60 Å². The molecule has 2 saturated carbocycles. The zero-order chi connectivity index (χ0) is 15.7. The number of rotatable bonds is 4. The van der Waals surface area contributed by atoms with Crippen molar-refractivity contribution in [3.63, 3.8) is 0 Å². The van der Waals surface area contributed by atoms with Gasteiger partial charge in [0.1, 0.15) is 0 Å². The Morgan fingerprint density at radius 3 is 1.38 bits per heavy atom. The second-order valence-corrected chi connectivity index (χ2v) is 8.31. The Labute approximate surface area is 124 Å². The fraction of sp³-hybridized carbons (Fsp3) is 1.00. The first kappa shape index (κ1) is 17.3. The van der Waals surface area contributed by atoms with Crippen molar-refractivity contribution in [1.29, 1.82) is 0 Å². The van der Waals surface area contributed by atoms with E-state index in [4.69, 9.17) is 9.05 Å². The van der Waals surface area contributed by atoms with Crippen LogP contribution in [0, 0.1) is 0 Å². The minimum atomic E-state index is -3.24. The van der Waals surface area contributed by atoms with Crippen molar-refractivity contribution < 1.29 is 34.0 Å². The van der Waals surface area contributed by atoms with E-state index in [2.05, 4.69) is 0 Å². The summed E-state index contributed by atoms with van der Waals surface area (Å²) < 4.78 is 23.4. The van der Waals surface area contributed by atoms with Crippen LogP contribution in [0.3, 0.4) is 0 Å². The molecule has 2 aliphatic rings. The van der Waals surface area contributed by atoms with Crippen molar-refractivity contribution >= 4 is 7.60 Å². The summed E-state index contributed by atoms with van der Waals surface area (Å²) in [5.41, 5.74) is 0. The Morgan fingerprint density at radius 2 is 1.10 bits per heavy atom. The molecule has 0 spiro atoms. The van der Waals surface area contributed by atoms with Crippen LogP contribution in [0.1, 0.15) is 51.4 Å². The molecule has 21 heavy (non-hydrogen) atoms. The van der Waals surface area contributed by atoms with Gasteiger partial charge in [0.05, 0.1) is 12.2 Å². The maximum absolute atomic E-state index is 12.4. The summed E-state index contributed by atoms with van der Waals surface area (Å²) >= 11 is 0. The van der Waals surface area contributed by atoms with Gasteiger partial charge in [-0.3, -0.25) is 4.57 Å². The highest BCUT2D eigenvalue weighted by Gasteiger charge is 2.37. The molecular weight excluding hydrogens is 299 g/mol. The molecule has 0 atom stereocenters. The quantitative estimate of drug-likeness (QED) is 0.452. The van der Waals surface area contributed by atoms with Gasteiger partial charge >= 0.3 is 7.60 Å². The second kappa shape index (κ2) is 6.24. The molecule has 0 aromatic heterocycles. The highest BCUT2D eigenvalue weighted by Crippen LogP contribution is 2.50. The average molecular weight is 324 g/mol. The van der Waals surface area contributed by atoms with Crippen molar-refractivity contribution in [2.75, 3.05) is 6.66 Å². The average Bonchev–Trinajstić information content (AvgIpc) is 2.34. The lowest BCUT2D eigenvalue weighted by molar-refractivity contribution is -0.192. The van der Waals surface area contributed by atoms with E-state index in [1.807, 2.05) is 0 Å². The van der Waals surface area contributed by atoms with Crippen LogP contribution in [0.25, 0.3) is 0 Å². The number of hydrogen-bond acceptors (Lipinski definition) is 7. The fourth-order valence-electron chi connectivity index (χ4n) is 2.88. The summed E-state index contributed by atoms with van der Waals surface area (Å²) in [4.78, 5) is 0. The molecule has 2 rings (SSSR count). The summed E-state index contributed by atoms with van der Waals surface area (Å²) in [5.74, 6) is -3.29. The van der Waals surface area contributed by atoms with Crippen molar-refractivity contribution in [1.82, 2.24) is 0 Å². The molecule has 0 aliphatic heterocycles. The largest absolute Gasteiger partial charge is 0.366 e. The Bertz CT molecular complexity index is 355. The van der Waals surface area contributed by atoms with E-state index in [9.17, 15) is 25.0 Å². The molecule has 0 aromatic carbocycles. The molecule has 0 unspecified atom stereocenters. The van der Waals surface area contributed by atoms with Crippen LogP contribution in [0.15, 0.2) is 0 Å². The Hall–Kier alpha value is -0.0100. The lowest BCUT2D eigenvalue weighted by Crippen LogP contribution is -2.37. The van der Waals surface area contributed by atoms with E-state index in [0.29, 0.717) is 25.7 Å². The van der Waals surface area contributed by atoms with E-state index in [-0.39, 0.29) is 37.9 Å². The topological polar surface area (TPSA) is 116 Å². The van der Waals surface area contributed by atoms with E-state index < -0.39 is 19.2 Å². The van der Waals surface area contributed by atoms with Gasteiger partial charge in [-0.05, 0) is 25.7 Å². The Morgan fingerprint density at radius 1 is 0.810 bits per heavy atom. The van der Waals surface area contributed by atoms with Crippen molar-refractivity contribution in [2.24, 2.45) is 0 Å². The van der Waals surface area contributed by atoms with Crippen molar-refractivity contribution in [2.45, 2.75) is 75.1 Å². The van der Waals surface area contributed by atoms with E-state index in [0.717, 1.165) is 0 Å². The van der Waals surface area contributed by atoms with Gasteiger partial charge < -0.3 is 29.5 Å². The maximum Gasteiger partial charge on any atom is 0.328 e. The van der Waals surface area contributed by atoms with Crippen molar-refractivity contribution in [3.05, 3.63) is 0 Å².